The molecule has 1 N–H and O–H groups in total. The molecule has 0 saturated carbocycles. The summed E-state index contributed by atoms with van der Waals surface area (Å²) >= 11 is 0. The van der Waals surface area contributed by atoms with Gasteiger partial charge in [0.2, 0.25) is 0 Å². The first-order chi connectivity index (χ1) is 12.2. The Hall–Kier alpha value is -2.51. The molecule has 3 heterocycles. The van der Waals surface area contributed by atoms with E-state index >= 15 is 0 Å². The van der Waals surface area contributed by atoms with Crippen LogP contribution in [0.5, 0.6) is 5.75 Å². The summed E-state index contributed by atoms with van der Waals surface area (Å²) in [7, 11) is 0. The van der Waals surface area contributed by atoms with Crippen LogP contribution < -0.4 is 10.2 Å². The highest BCUT2D eigenvalue weighted by Gasteiger charge is 2.42. The number of hydrazine groups is 1. The van der Waals surface area contributed by atoms with Crippen LogP contribution in [0.3, 0.4) is 0 Å². The van der Waals surface area contributed by atoms with Crippen LogP contribution in [0.15, 0.2) is 66.2 Å². The van der Waals surface area contributed by atoms with Crippen molar-refractivity contribution in [2.24, 2.45) is 4.99 Å². The average molecular weight is 379 g/mol. The van der Waals surface area contributed by atoms with E-state index in [4.69, 9.17) is 0 Å². The molecule has 0 amide bonds. The van der Waals surface area contributed by atoms with Crippen molar-refractivity contribution in [3.05, 3.63) is 72.3 Å². The van der Waals surface area contributed by atoms with Gasteiger partial charge in [-0.25, -0.2) is 5.43 Å². The van der Waals surface area contributed by atoms with Gasteiger partial charge in [-0.2, -0.15) is 8.78 Å². The number of fused-ring (bicyclic) bond motifs is 1. The number of nitrogens with zero attached hydrogens (tertiary/aromatic N) is 3. The second kappa shape index (κ2) is 7.80. The molecule has 0 spiro atoms. The molecule has 3 unspecified atom stereocenters. The van der Waals surface area contributed by atoms with Crippen LogP contribution >= 0.6 is 12.4 Å². The number of halogens is 3. The molecule has 1 aromatic heterocycles. The van der Waals surface area contributed by atoms with Crippen molar-refractivity contribution in [1.82, 2.24) is 15.4 Å². The van der Waals surface area contributed by atoms with Crippen LogP contribution in [0.4, 0.5) is 8.78 Å². The Kier molecular flexibility index (Phi) is 5.49. The standard InChI is InChI=1S/C18H16F2N4O.ClH/c19-18(20)25-14-3-1-13(2-4-14)17-16(12-5-7-21-8-6-12)15-11-22-9-10-24(15)23-17;/h1-11,15-18,23H;1H. The molecule has 0 bridgehead atoms. The van der Waals surface area contributed by atoms with E-state index < -0.39 is 6.61 Å². The summed E-state index contributed by atoms with van der Waals surface area (Å²) in [5, 5.41) is 2.02. The van der Waals surface area contributed by atoms with Gasteiger partial charge in [0.05, 0.1) is 12.1 Å². The fourth-order valence-corrected chi connectivity index (χ4v) is 3.37. The maximum absolute atomic E-state index is 12.3. The summed E-state index contributed by atoms with van der Waals surface area (Å²) in [5.74, 6) is 0.259. The molecule has 0 radical (unpaired) electrons. The van der Waals surface area contributed by atoms with Gasteiger partial charge in [0, 0.05) is 36.9 Å². The zero-order valence-corrected chi connectivity index (χ0v) is 14.4. The molecule has 3 atom stereocenters. The number of benzene rings is 1. The van der Waals surface area contributed by atoms with Gasteiger partial charge in [0.15, 0.2) is 0 Å². The number of aromatic nitrogens is 1. The number of hydrogen-bond donors (Lipinski definition) is 1. The average Bonchev–Trinajstić information content (AvgIpc) is 3.02. The molecule has 1 saturated heterocycles. The predicted octanol–water partition coefficient (Wildman–Crippen LogP) is 3.67. The lowest BCUT2D eigenvalue weighted by atomic mass is 9.84. The van der Waals surface area contributed by atoms with Crippen LogP contribution in [-0.4, -0.2) is 28.9 Å². The van der Waals surface area contributed by atoms with Crippen molar-refractivity contribution in [2.45, 2.75) is 24.6 Å². The van der Waals surface area contributed by atoms with Crippen molar-refractivity contribution in [3.8, 4) is 5.75 Å². The first-order valence-electron chi connectivity index (χ1n) is 7.91. The highest BCUT2D eigenvalue weighted by molar-refractivity contribution is 5.85. The third-order valence-corrected chi connectivity index (χ3v) is 4.44. The fraction of sp³-hybridized carbons (Fsp3) is 0.222. The first kappa shape index (κ1) is 18.3. The molecule has 0 aliphatic carbocycles. The van der Waals surface area contributed by atoms with Crippen molar-refractivity contribution >= 4 is 18.6 Å². The maximum Gasteiger partial charge on any atom is 0.387 e. The third kappa shape index (κ3) is 3.54. The highest BCUT2D eigenvalue weighted by Crippen LogP contribution is 2.41. The largest absolute Gasteiger partial charge is 0.435 e. The minimum atomic E-state index is -2.82. The minimum absolute atomic E-state index is 0. The highest BCUT2D eigenvalue weighted by atomic mass is 35.5. The van der Waals surface area contributed by atoms with E-state index in [-0.39, 0.29) is 36.2 Å². The number of hydrogen-bond acceptors (Lipinski definition) is 5. The molecule has 4 rings (SSSR count). The lowest BCUT2D eigenvalue weighted by Gasteiger charge is -2.24. The Morgan fingerprint density at radius 1 is 1.04 bits per heavy atom. The second-order valence-corrected chi connectivity index (χ2v) is 5.85. The Morgan fingerprint density at radius 2 is 1.77 bits per heavy atom. The van der Waals surface area contributed by atoms with Crippen molar-refractivity contribution in [3.63, 3.8) is 0 Å². The zero-order chi connectivity index (χ0) is 17.2. The van der Waals surface area contributed by atoms with Gasteiger partial charge < -0.3 is 9.75 Å². The van der Waals surface area contributed by atoms with Crippen molar-refractivity contribution < 1.29 is 13.5 Å². The zero-order valence-electron chi connectivity index (χ0n) is 13.6. The number of pyridine rings is 1. The van der Waals surface area contributed by atoms with Gasteiger partial charge in [-0.3, -0.25) is 9.98 Å². The van der Waals surface area contributed by atoms with E-state index in [1.165, 1.54) is 0 Å². The molecule has 2 aliphatic heterocycles. The fourth-order valence-electron chi connectivity index (χ4n) is 3.37. The summed E-state index contributed by atoms with van der Waals surface area (Å²) < 4.78 is 29.1. The predicted molar refractivity (Wildman–Crippen MR) is 96.4 cm³/mol. The van der Waals surface area contributed by atoms with Crippen molar-refractivity contribution in [2.75, 3.05) is 0 Å². The van der Waals surface area contributed by atoms with E-state index in [0.717, 1.165) is 11.1 Å². The number of alkyl halides is 2. The Labute approximate surface area is 155 Å². The third-order valence-electron chi connectivity index (χ3n) is 4.44. The molecule has 1 aromatic carbocycles. The van der Waals surface area contributed by atoms with E-state index in [2.05, 4.69) is 20.1 Å². The summed E-state index contributed by atoms with van der Waals surface area (Å²) in [6.07, 6.45) is 9.07. The lowest BCUT2D eigenvalue weighted by Crippen LogP contribution is -2.35. The van der Waals surface area contributed by atoms with Crippen LogP contribution in [0.2, 0.25) is 0 Å². The van der Waals surface area contributed by atoms with Crippen LogP contribution in [0.1, 0.15) is 23.1 Å². The van der Waals surface area contributed by atoms with E-state index in [9.17, 15) is 8.78 Å². The number of nitrogens with one attached hydrogen (secondary N) is 1. The molecule has 5 nitrogen and oxygen atoms in total. The molecular weight excluding hydrogens is 362 g/mol. The van der Waals surface area contributed by atoms with Crippen LogP contribution in [-0.2, 0) is 0 Å². The summed E-state index contributed by atoms with van der Waals surface area (Å²) in [5.41, 5.74) is 5.58. The molecule has 26 heavy (non-hydrogen) atoms. The summed E-state index contributed by atoms with van der Waals surface area (Å²) in [6, 6.07) is 10.8. The SMILES string of the molecule is Cl.FC(F)Oc1ccc(C2NN3C=CN=CC3C2c2ccncc2)cc1. The van der Waals surface area contributed by atoms with Gasteiger partial charge in [-0.1, -0.05) is 12.1 Å². The monoisotopic (exact) mass is 378 g/mol. The first-order valence-corrected chi connectivity index (χ1v) is 7.91. The number of aliphatic imine (C=N–C) groups is 1. The molecule has 8 heteroatoms. The second-order valence-electron chi connectivity index (χ2n) is 5.85. The van der Waals surface area contributed by atoms with Gasteiger partial charge in [0.25, 0.3) is 0 Å². The number of rotatable bonds is 4. The Bertz CT molecular complexity index is 786. The van der Waals surface area contributed by atoms with Gasteiger partial charge >= 0.3 is 6.61 Å². The van der Waals surface area contributed by atoms with Crippen LogP contribution in [0, 0.1) is 0 Å². The molecular formula is C18H17ClF2N4O. The molecule has 2 aliphatic rings. The Balaban J connectivity index is 0.00000196. The summed E-state index contributed by atoms with van der Waals surface area (Å²) in [6.45, 7) is -2.82. The molecule has 136 valence electrons. The molecule has 2 aromatic rings. The van der Waals surface area contributed by atoms with Crippen molar-refractivity contribution in [1.29, 1.82) is 0 Å². The van der Waals surface area contributed by atoms with Crippen LogP contribution in [0.25, 0.3) is 0 Å². The number of ether oxygens (including phenoxy) is 1. The van der Waals surface area contributed by atoms with E-state index in [0.29, 0.717) is 0 Å². The topological polar surface area (TPSA) is 49.8 Å². The van der Waals surface area contributed by atoms with Gasteiger partial charge in [0.1, 0.15) is 5.75 Å². The van der Waals surface area contributed by atoms with E-state index in [1.807, 2.05) is 41.7 Å². The normalized spacial score (nSPS) is 23.7. The lowest BCUT2D eigenvalue weighted by molar-refractivity contribution is -0.0498. The minimum Gasteiger partial charge on any atom is -0.435 e. The Morgan fingerprint density at radius 3 is 2.46 bits per heavy atom. The molecule has 1 fully saturated rings. The smallest absolute Gasteiger partial charge is 0.387 e. The maximum atomic E-state index is 12.3. The van der Waals surface area contributed by atoms with E-state index in [1.54, 1.807) is 30.7 Å². The van der Waals surface area contributed by atoms with Gasteiger partial charge in [-0.05, 0) is 35.4 Å². The quantitative estimate of drug-likeness (QED) is 0.881. The van der Waals surface area contributed by atoms with Gasteiger partial charge in [-0.15, -0.1) is 12.4 Å². The summed E-state index contributed by atoms with van der Waals surface area (Å²) in [4.78, 5) is 8.35.